The lowest BCUT2D eigenvalue weighted by molar-refractivity contribution is -0.135. The van der Waals surface area contributed by atoms with Crippen molar-refractivity contribution in [2.45, 2.75) is 57.4 Å². The molecule has 1 aliphatic carbocycles. The lowest BCUT2D eigenvalue weighted by Crippen LogP contribution is -2.52. The molecule has 3 atom stereocenters. The molecule has 3 aromatic rings. The van der Waals surface area contributed by atoms with Crippen LogP contribution in [0.1, 0.15) is 67.3 Å². The molecule has 1 unspecified atom stereocenters. The summed E-state index contributed by atoms with van der Waals surface area (Å²) in [4.78, 5) is 28.5. The minimum absolute atomic E-state index is 0.0484. The first-order valence-electron chi connectivity index (χ1n) is 14.9. The Balaban J connectivity index is 1.14. The molecule has 2 aliphatic rings. The molecule has 1 N–H and O–H groups in total. The Labute approximate surface area is 244 Å². The molecule has 0 radical (unpaired) electrons. The van der Waals surface area contributed by atoms with Gasteiger partial charge in [0.15, 0.2) is 0 Å². The summed E-state index contributed by atoms with van der Waals surface area (Å²) in [5.74, 6) is 1.15. The Bertz CT molecular complexity index is 1290. The fourth-order valence-corrected chi connectivity index (χ4v) is 6.01. The predicted octanol–water partition coefficient (Wildman–Crippen LogP) is 6.46. The van der Waals surface area contributed by atoms with Gasteiger partial charge in [-0.25, -0.2) is 0 Å². The molecule has 3 aromatic carbocycles. The summed E-state index contributed by atoms with van der Waals surface area (Å²) in [7, 11) is 1.69. The Morgan fingerprint density at radius 2 is 1.61 bits per heavy atom. The average Bonchev–Trinajstić information content (AvgIpc) is 3.71. The molecule has 5 rings (SSSR count). The van der Waals surface area contributed by atoms with Crippen LogP contribution < -0.4 is 10.1 Å². The fraction of sp³-hybridized carbons (Fsp3) is 0.429. The SMILES string of the molecule is COc1ccc([C@@H]2CC2(C)CCCOC[C@H](NC(=O)c2ccc(-c3ccccc3)cc2)C(=O)N2CCCCC2)cc1. The normalized spacial score (nSPS) is 20.7. The van der Waals surface area contributed by atoms with Gasteiger partial charge in [0.05, 0.1) is 13.7 Å². The number of nitrogens with one attached hydrogen (secondary N) is 1. The van der Waals surface area contributed by atoms with Gasteiger partial charge >= 0.3 is 0 Å². The van der Waals surface area contributed by atoms with E-state index in [-0.39, 0.29) is 23.8 Å². The highest BCUT2D eigenvalue weighted by atomic mass is 16.5. The Morgan fingerprint density at radius 1 is 0.927 bits per heavy atom. The summed E-state index contributed by atoms with van der Waals surface area (Å²) in [5.41, 5.74) is 4.32. The zero-order chi connectivity index (χ0) is 28.7. The van der Waals surface area contributed by atoms with Crippen molar-refractivity contribution in [2.24, 2.45) is 5.41 Å². The summed E-state index contributed by atoms with van der Waals surface area (Å²) in [5, 5.41) is 2.98. The number of benzene rings is 3. The highest BCUT2D eigenvalue weighted by Gasteiger charge is 2.49. The standard InChI is InChI=1S/C35H42N2O4/c1-35(24-31(35)28-16-18-30(40-2)19-17-28)20-9-23-41-25-32(34(39)37-21-7-4-8-22-37)36-33(38)29-14-12-27(13-15-29)26-10-5-3-6-11-26/h3,5-6,10-19,31-32H,4,7-9,20-25H2,1-2H3,(H,36,38)/t31-,32-,35?/m0/s1. The lowest BCUT2D eigenvalue weighted by atomic mass is 9.96. The third-order valence-electron chi connectivity index (χ3n) is 8.72. The molecule has 6 nitrogen and oxygen atoms in total. The smallest absolute Gasteiger partial charge is 0.251 e. The highest BCUT2D eigenvalue weighted by molar-refractivity contribution is 5.98. The summed E-state index contributed by atoms with van der Waals surface area (Å²) in [6, 6.07) is 25.3. The summed E-state index contributed by atoms with van der Waals surface area (Å²) in [6.07, 6.45) is 6.30. The molecule has 1 saturated carbocycles. The van der Waals surface area contributed by atoms with Crippen LogP contribution in [0, 0.1) is 5.41 Å². The number of methoxy groups -OCH3 is 1. The molecule has 0 aromatic heterocycles. The Hall–Kier alpha value is -3.64. The van der Waals surface area contributed by atoms with Crippen molar-refractivity contribution in [3.63, 3.8) is 0 Å². The van der Waals surface area contributed by atoms with Crippen molar-refractivity contribution in [2.75, 3.05) is 33.4 Å². The van der Waals surface area contributed by atoms with E-state index in [4.69, 9.17) is 9.47 Å². The maximum atomic E-state index is 13.4. The largest absolute Gasteiger partial charge is 0.497 e. The number of hydrogen-bond acceptors (Lipinski definition) is 4. The lowest BCUT2D eigenvalue weighted by Gasteiger charge is -2.30. The Morgan fingerprint density at radius 3 is 2.29 bits per heavy atom. The first-order valence-corrected chi connectivity index (χ1v) is 14.9. The molecule has 2 fully saturated rings. The van der Waals surface area contributed by atoms with Gasteiger partial charge in [0.25, 0.3) is 5.91 Å². The van der Waals surface area contributed by atoms with E-state index in [0.29, 0.717) is 18.1 Å². The van der Waals surface area contributed by atoms with Crippen LogP contribution in [0.3, 0.4) is 0 Å². The van der Waals surface area contributed by atoms with Gasteiger partial charge in [-0.15, -0.1) is 0 Å². The number of amides is 2. The molecular weight excluding hydrogens is 512 g/mol. The second-order valence-electron chi connectivity index (χ2n) is 11.7. The first-order chi connectivity index (χ1) is 20.0. The van der Waals surface area contributed by atoms with Crippen LogP contribution in [0.2, 0.25) is 0 Å². The van der Waals surface area contributed by atoms with Crippen LogP contribution in [0.15, 0.2) is 78.9 Å². The zero-order valence-corrected chi connectivity index (χ0v) is 24.3. The quantitative estimate of drug-likeness (QED) is 0.261. The maximum Gasteiger partial charge on any atom is 0.251 e. The molecule has 1 saturated heterocycles. The van der Waals surface area contributed by atoms with E-state index >= 15 is 0 Å². The van der Waals surface area contributed by atoms with Gasteiger partial charge in [0, 0.05) is 25.3 Å². The Kier molecular flexibility index (Phi) is 9.40. The molecule has 41 heavy (non-hydrogen) atoms. The van der Waals surface area contributed by atoms with Crippen LogP contribution in [0.4, 0.5) is 0 Å². The van der Waals surface area contributed by atoms with Gasteiger partial charge in [-0.1, -0.05) is 61.5 Å². The summed E-state index contributed by atoms with van der Waals surface area (Å²) >= 11 is 0. The van der Waals surface area contributed by atoms with Crippen molar-refractivity contribution >= 4 is 11.8 Å². The van der Waals surface area contributed by atoms with Crippen molar-refractivity contribution in [1.82, 2.24) is 10.2 Å². The van der Waals surface area contributed by atoms with Crippen LogP contribution >= 0.6 is 0 Å². The molecule has 1 heterocycles. The average molecular weight is 555 g/mol. The number of ether oxygens (including phenoxy) is 2. The third kappa shape index (κ3) is 7.36. The van der Waals surface area contributed by atoms with Crippen LogP contribution in [-0.4, -0.2) is 56.2 Å². The van der Waals surface area contributed by atoms with Gasteiger partial charge in [0.1, 0.15) is 11.8 Å². The molecule has 0 spiro atoms. The second kappa shape index (κ2) is 13.3. The van der Waals surface area contributed by atoms with E-state index in [1.165, 1.54) is 12.0 Å². The molecule has 6 heteroatoms. The van der Waals surface area contributed by atoms with Crippen LogP contribution in [0.5, 0.6) is 5.75 Å². The highest BCUT2D eigenvalue weighted by Crippen LogP contribution is 2.61. The van der Waals surface area contributed by atoms with Gasteiger partial charge in [-0.2, -0.15) is 0 Å². The molecular formula is C35H42N2O4. The number of piperidine rings is 1. The topological polar surface area (TPSA) is 67.9 Å². The number of rotatable bonds is 12. The second-order valence-corrected chi connectivity index (χ2v) is 11.7. The number of hydrogen-bond donors (Lipinski definition) is 1. The monoisotopic (exact) mass is 554 g/mol. The minimum Gasteiger partial charge on any atom is -0.497 e. The van der Waals surface area contributed by atoms with E-state index < -0.39 is 6.04 Å². The predicted molar refractivity (Wildman–Crippen MR) is 162 cm³/mol. The number of carbonyl (C=O) groups is 2. The van der Waals surface area contributed by atoms with Gasteiger partial charge in [-0.05, 0) is 90.8 Å². The van der Waals surface area contributed by atoms with E-state index in [1.807, 2.05) is 71.6 Å². The molecule has 216 valence electrons. The summed E-state index contributed by atoms with van der Waals surface area (Å²) < 4.78 is 11.3. The van der Waals surface area contributed by atoms with Crippen molar-refractivity contribution in [3.8, 4) is 16.9 Å². The van der Waals surface area contributed by atoms with Gasteiger partial charge < -0.3 is 19.7 Å². The van der Waals surface area contributed by atoms with E-state index in [2.05, 4.69) is 24.4 Å². The number of nitrogens with zero attached hydrogens (tertiary/aromatic N) is 1. The summed E-state index contributed by atoms with van der Waals surface area (Å²) in [6.45, 7) is 4.57. The fourth-order valence-electron chi connectivity index (χ4n) is 6.01. The van der Waals surface area contributed by atoms with Gasteiger partial charge in [-0.3, -0.25) is 9.59 Å². The third-order valence-corrected chi connectivity index (χ3v) is 8.72. The first kappa shape index (κ1) is 28.9. The number of carbonyl (C=O) groups excluding carboxylic acids is 2. The van der Waals surface area contributed by atoms with Crippen molar-refractivity contribution in [3.05, 3.63) is 90.0 Å². The van der Waals surface area contributed by atoms with Crippen LogP contribution in [-0.2, 0) is 9.53 Å². The van der Waals surface area contributed by atoms with E-state index in [9.17, 15) is 9.59 Å². The van der Waals surface area contributed by atoms with Crippen molar-refractivity contribution < 1.29 is 19.1 Å². The van der Waals surface area contributed by atoms with E-state index in [0.717, 1.165) is 62.1 Å². The minimum atomic E-state index is -0.696. The van der Waals surface area contributed by atoms with Gasteiger partial charge in [0.2, 0.25) is 5.91 Å². The molecule has 2 amide bonds. The number of likely N-dealkylation sites (tertiary alicyclic amines) is 1. The maximum absolute atomic E-state index is 13.4. The molecule has 1 aliphatic heterocycles. The van der Waals surface area contributed by atoms with Crippen LogP contribution in [0.25, 0.3) is 11.1 Å². The molecule has 0 bridgehead atoms. The zero-order valence-electron chi connectivity index (χ0n) is 24.3. The van der Waals surface area contributed by atoms with E-state index in [1.54, 1.807) is 7.11 Å². The van der Waals surface area contributed by atoms with Crippen molar-refractivity contribution in [1.29, 1.82) is 0 Å².